The molecule has 0 heterocycles. The largest absolute Gasteiger partial charge is 0.497 e. The minimum Gasteiger partial charge on any atom is -0.497 e. The van der Waals surface area contributed by atoms with Crippen molar-refractivity contribution >= 4 is 18.2 Å². The number of aldehydes is 1. The molecular weight excluding hydrogens is 408 g/mol. The number of rotatable bonds is 8. The van der Waals surface area contributed by atoms with Crippen molar-refractivity contribution < 1.29 is 28.6 Å². The van der Waals surface area contributed by atoms with Gasteiger partial charge in [-0.05, 0) is 61.7 Å². The molecule has 0 aliphatic rings. The number of carbonyl (C=O) groups is 3. The molecule has 2 aromatic carbocycles. The summed E-state index contributed by atoms with van der Waals surface area (Å²) in [7, 11) is 1.60. The molecule has 0 spiro atoms. The van der Waals surface area contributed by atoms with E-state index in [4.69, 9.17) is 14.2 Å². The first-order chi connectivity index (χ1) is 15.1. The van der Waals surface area contributed by atoms with E-state index in [2.05, 4.69) is 19.7 Å². The summed E-state index contributed by atoms with van der Waals surface area (Å²) in [4.78, 5) is 33.0. The van der Waals surface area contributed by atoms with Crippen molar-refractivity contribution in [2.24, 2.45) is 0 Å². The van der Waals surface area contributed by atoms with Crippen molar-refractivity contribution in [1.82, 2.24) is 0 Å². The van der Waals surface area contributed by atoms with Crippen LogP contribution >= 0.6 is 0 Å². The van der Waals surface area contributed by atoms with Crippen LogP contribution in [0, 0.1) is 0 Å². The highest BCUT2D eigenvalue weighted by atomic mass is 16.5. The Morgan fingerprint density at radius 2 is 1.41 bits per heavy atom. The van der Waals surface area contributed by atoms with Gasteiger partial charge in [0.15, 0.2) is 0 Å². The molecule has 2 aromatic rings. The van der Waals surface area contributed by atoms with E-state index in [0.717, 1.165) is 23.2 Å². The van der Waals surface area contributed by atoms with Crippen LogP contribution in [0.3, 0.4) is 0 Å². The predicted molar refractivity (Wildman–Crippen MR) is 124 cm³/mol. The third-order valence-electron chi connectivity index (χ3n) is 3.94. The van der Waals surface area contributed by atoms with Gasteiger partial charge in [0.05, 0.1) is 7.11 Å². The Kier molecular flexibility index (Phi) is 10.4. The number of esters is 2. The van der Waals surface area contributed by atoms with Gasteiger partial charge in [0.25, 0.3) is 0 Å². The van der Waals surface area contributed by atoms with Gasteiger partial charge in [-0.2, -0.15) is 0 Å². The van der Waals surface area contributed by atoms with Gasteiger partial charge in [0.1, 0.15) is 24.4 Å². The first-order valence-electron chi connectivity index (χ1n) is 9.67. The average molecular weight is 437 g/mol. The van der Waals surface area contributed by atoms with Crippen LogP contribution in [0.4, 0.5) is 0 Å². The summed E-state index contributed by atoms with van der Waals surface area (Å²) < 4.78 is 15.8. The molecule has 2 rings (SSSR count). The van der Waals surface area contributed by atoms with Crippen LogP contribution in [0.5, 0.6) is 11.5 Å². The maximum Gasteiger partial charge on any atom is 0.338 e. The highest BCUT2D eigenvalue weighted by molar-refractivity contribution is 5.89. The topological polar surface area (TPSA) is 78.9 Å². The average Bonchev–Trinajstić information content (AvgIpc) is 2.78. The molecule has 32 heavy (non-hydrogen) atoms. The summed E-state index contributed by atoms with van der Waals surface area (Å²) in [5, 5.41) is 0. The van der Waals surface area contributed by atoms with Gasteiger partial charge in [-0.15, -0.1) is 0 Å². The molecule has 0 aliphatic carbocycles. The number of carbonyl (C=O) groups excluding carboxylic acids is 3. The van der Waals surface area contributed by atoms with Crippen molar-refractivity contribution in [3.63, 3.8) is 0 Å². The van der Waals surface area contributed by atoms with Crippen LogP contribution in [0.25, 0.3) is 11.1 Å². The zero-order valence-corrected chi connectivity index (χ0v) is 18.9. The first-order valence-corrected chi connectivity index (χ1v) is 9.67. The second kappa shape index (κ2) is 12.7. The Hall–Kier alpha value is -3.93. The molecule has 0 aromatic heterocycles. The normalized spacial score (nSPS) is 9.50. The standard InChI is InChI=1S/C22H22O5.C4H6O/c1-14(2)21(23)26-13-18-12-17(16-6-9-19(25-5)10-7-16)8-11-20(18)27-22(24)15(3)4;1-4(2)3-5/h6-12H,1,3,13H2,2,4-5H3;3H,1H2,2H3. The van der Waals surface area contributed by atoms with E-state index in [-0.39, 0.29) is 12.2 Å². The Morgan fingerprint density at radius 1 is 0.875 bits per heavy atom. The fourth-order valence-corrected chi connectivity index (χ4v) is 2.21. The fraction of sp³-hybridized carbons (Fsp3) is 0.192. The second-order valence-electron chi connectivity index (χ2n) is 7.04. The molecule has 0 fully saturated rings. The van der Waals surface area contributed by atoms with E-state index in [1.54, 1.807) is 33.9 Å². The van der Waals surface area contributed by atoms with E-state index in [0.29, 0.717) is 22.5 Å². The molecule has 6 heteroatoms. The molecule has 0 saturated carbocycles. The van der Waals surface area contributed by atoms with E-state index in [1.807, 2.05) is 36.4 Å². The van der Waals surface area contributed by atoms with Crippen LogP contribution in [-0.4, -0.2) is 25.3 Å². The quantitative estimate of drug-likeness (QED) is 0.244. The van der Waals surface area contributed by atoms with Gasteiger partial charge in [-0.25, -0.2) is 9.59 Å². The molecule has 0 radical (unpaired) electrons. The van der Waals surface area contributed by atoms with Crippen molar-refractivity contribution in [3.05, 3.63) is 84.5 Å². The number of hydrogen-bond donors (Lipinski definition) is 0. The van der Waals surface area contributed by atoms with Crippen LogP contribution in [0.1, 0.15) is 26.3 Å². The lowest BCUT2D eigenvalue weighted by Crippen LogP contribution is -2.11. The molecule has 0 aliphatic heterocycles. The van der Waals surface area contributed by atoms with Crippen molar-refractivity contribution in [3.8, 4) is 22.6 Å². The van der Waals surface area contributed by atoms with Crippen LogP contribution in [0.15, 0.2) is 78.9 Å². The predicted octanol–water partition coefficient (Wildman–Crippen LogP) is 5.22. The fourth-order valence-electron chi connectivity index (χ4n) is 2.21. The maximum atomic E-state index is 11.9. The van der Waals surface area contributed by atoms with Gasteiger partial charge < -0.3 is 14.2 Å². The molecular formula is C26H28O6. The van der Waals surface area contributed by atoms with E-state index in [1.165, 1.54) is 0 Å². The molecule has 6 nitrogen and oxygen atoms in total. The molecule has 0 bridgehead atoms. The molecule has 0 N–H and O–H groups in total. The zero-order chi connectivity index (χ0) is 24.3. The Balaban J connectivity index is 0.000000920. The number of ether oxygens (including phenoxy) is 3. The monoisotopic (exact) mass is 436 g/mol. The number of allylic oxidation sites excluding steroid dienone is 1. The zero-order valence-electron chi connectivity index (χ0n) is 18.9. The molecule has 0 atom stereocenters. The molecule has 0 saturated heterocycles. The summed E-state index contributed by atoms with van der Waals surface area (Å²) in [5.41, 5.74) is 3.54. The Bertz CT molecular complexity index is 1020. The number of hydrogen-bond acceptors (Lipinski definition) is 6. The molecule has 168 valence electrons. The van der Waals surface area contributed by atoms with Gasteiger partial charge in [-0.3, -0.25) is 4.79 Å². The van der Waals surface area contributed by atoms with E-state index >= 15 is 0 Å². The van der Waals surface area contributed by atoms with Gasteiger partial charge in [0.2, 0.25) is 0 Å². The Labute approximate surface area is 188 Å². The summed E-state index contributed by atoms with van der Waals surface area (Å²) >= 11 is 0. The minimum atomic E-state index is -0.542. The maximum absolute atomic E-state index is 11.9. The van der Waals surface area contributed by atoms with Crippen molar-refractivity contribution in [1.29, 1.82) is 0 Å². The summed E-state index contributed by atoms with van der Waals surface area (Å²) in [5.74, 6) is 0.0119. The summed E-state index contributed by atoms with van der Waals surface area (Å²) in [6.45, 7) is 15.2. The molecule has 0 amide bonds. The summed E-state index contributed by atoms with van der Waals surface area (Å²) in [6.07, 6.45) is 0.722. The lowest BCUT2D eigenvalue weighted by atomic mass is 10.0. The lowest BCUT2D eigenvalue weighted by molar-refractivity contribution is -0.140. The smallest absolute Gasteiger partial charge is 0.338 e. The minimum absolute atomic E-state index is 0.0471. The lowest BCUT2D eigenvalue weighted by Gasteiger charge is -2.13. The van der Waals surface area contributed by atoms with E-state index in [9.17, 15) is 14.4 Å². The highest BCUT2D eigenvalue weighted by Crippen LogP contribution is 2.29. The SMILES string of the molecule is C=C(C)C(=O)OCc1cc(-c2ccc(OC)cc2)ccc1OC(=O)C(=C)C.C=C(C)C=O. The van der Waals surface area contributed by atoms with Gasteiger partial charge in [-0.1, -0.05) is 37.9 Å². The van der Waals surface area contributed by atoms with Crippen LogP contribution < -0.4 is 9.47 Å². The Morgan fingerprint density at radius 3 is 1.88 bits per heavy atom. The summed E-state index contributed by atoms with van der Waals surface area (Å²) in [6, 6.07) is 12.8. The third-order valence-corrected chi connectivity index (χ3v) is 3.94. The third kappa shape index (κ3) is 8.44. The number of benzene rings is 2. The second-order valence-corrected chi connectivity index (χ2v) is 7.04. The van der Waals surface area contributed by atoms with Crippen LogP contribution in [-0.2, 0) is 25.7 Å². The van der Waals surface area contributed by atoms with Crippen LogP contribution in [0.2, 0.25) is 0 Å². The van der Waals surface area contributed by atoms with Gasteiger partial charge >= 0.3 is 11.9 Å². The number of methoxy groups -OCH3 is 1. The molecule has 0 unspecified atom stereocenters. The first kappa shape index (κ1) is 26.1. The van der Waals surface area contributed by atoms with Gasteiger partial charge in [0, 0.05) is 16.7 Å². The van der Waals surface area contributed by atoms with Crippen molar-refractivity contribution in [2.45, 2.75) is 27.4 Å². The highest BCUT2D eigenvalue weighted by Gasteiger charge is 2.14. The van der Waals surface area contributed by atoms with E-state index < -0.39 is 11.9 Å². The van der Waals surface area contributed by atoms with Crippen molar-refractivity contribution in [2.75, 3.05) is 7.11 Å².